The number of methoxy groups -OCH3 is 2. The van der Waals surface area contributed by atoms with Gasteiger partial charge in [0.1, 0.15) is 17.7 Å². The van der Waals surface area contributed by atoms with Gasteiger partial charge in [0.05, 0.1) is 20.1 Å². The maximum atomic E-state index is 14.5. The summed E-state index contributed by atoms with van der Waals surface area (Å²) in [4.78, 5) is 24.8. The van der Waals surface area contributed by atoms with Gasteiger partial charge in [0.2, 0.25) is 0 Å². The Labute approximate surface area is 198 Å². The van der Waals surface area contributed by atoms with Crippen molar-refractivity contribution < 1.29 is 37.3 Å². The van der Waals surface area contributed by atoms with Crippen molar-refractivity contribution in [3.05, 3.63) is 59.2 Å². The quantitative estimate of drug-likeness (QED) is 0.539. The number of esters is 1. The van der Waals surface area contributed by atoms with E-state index in [0.29, 0.717) is 11.1 Å². The van der Waals surface area contributed by atoms with E-state index in [0.717, 1.165) is 0 Å². The number of halogens is 2. The second-order valence-electron chi connectivity index (χ2n) is 8.71. The molecule has 2 rings (SSSR count). The van der Waals surface area contributed by atoms with Crippen LogP contribution in [0.5, 0.6) is 11.5 Å². The average molecular weight is 480 g/mol. The van der Waals surface area contributed by atoms with E-state index in [-0.39, 0.29) is 11.5 Å². The highest BCUT2D eigenvalue weighted by Gasteiger charge is 2.33. The first-order valence-corrected chi connectivity index (χ1v) is 10.7. The molecule has 0 aromatic heterocycles. The van der Waals surface area contributed by atoms with E-state index in [9.17, 15) is 18.4 Å². The minimum atomic E-state index is -1.04. The van der Waals surface area contributed by atoms with Crippen LogP contribution in [-0.2, 0) is 14.3 Å². The highest BCUT2D eigenvalue weighted by Crippen LogP contribution is 2.41. The zero-order valence-electron chi connectivity index (χ0n) is 20.4. The van der Waals surface area contributed by atoms with Crippen molar-refractivity contribution in [1.29, 1.82) is 0 Å². The Bertz CT molecular complexity index is 967. The molecule has 2 aromatic rings. The van der Waals surface area contributed by atoms with Crippen molar-refractivity contribution in [3.8, 4) is 11.5 Å². The maximum absolute atomic E-state index is 14.5. The fourth-order valence-electron chi connectivity index (χ4n) is 3.54. The second-order valence-corrected chi connectivity index (χ2v) is 8.71. The monoisotopic (exact) mass is 479 g/mol. The number of rotatable bonds is 8. The van der Waals surface area contributed by atoms with Crippen molar-refractivity contribution in [2.45, 2.75) is 58.3 Å². The standard InChI is InChI=1S/C25H31F2NO6/c1-14(28-24(30)34-25(3,4)5)23(29)33-15(2)20(16-10-8-12-18(26)21(16)31-6)17-11-9-13-19(27)22(17)32-7/h8-15,20H,1-7H3,(H,28,30)/t14-,15?/m0/s1. The summed E-state index contributed by atoms with van der Waals surface area (Å²) in [6.07, 6.45) is -1.71. The normalized spacial score (nSPS) is 13.1. The zero-order chi connectivity index (χ0) is 25.6. The second kappa shape index (κ2) is 11.2. The lowest BCUT2D eigenvalue weighted by atomic mass is 9.85. The molecule has 2 aromatic carbocycles. The molecule has 0 saturated heterocycles. The smallest absolute Gasteiger partial charge is 0.408 e. The molecule has 9 heteroatoms. The summed E-state index contributed by atoms with van der Waals surface area (Å²) in [5.74, 6) is -3.00. The number of nitrogens with one attached hydrogen (secondary N) is 1. The lowest BCUT2D eigenvalue weighted by molar-refractivity contribution is -0.151. The van der Waals surface area contributed by atoms with Gasteiger partial charge in [-0.1, -0.05) is 24.3 Å². The molecular weight excluding hydrogens is 448 g/mol. The van der Waals surface area contributed by atoms with Crippen molar-refractivity contribution in [3.63, 3.8) is 0 Å². The number of hydrogen-bond acceptors (Lipinski definition) is 6. The van der Waals surface area contributed by atoms with E-state index >= 15 is 0 Å². The number of ether oxygens (including phenoxy) is 4. The number of carbonyl (C=O) groups excluding carboxylic acids is 2. The summed E-state index contributed by atoms with van der Waals surface area (Å²) >= 11 is 0. The van der Waals surface area contributed by atoms with Crippen LogP contribution in [-0.4, -0.2) is 44.0 Å². The van der Waals surface area contributed by atoms with Gasteiger partial charge in [-0.05, 0) is 46.8 Å². The molecule has 186 valence electrons. The van der Waals surface area contributed by atoms with Gasteiger partial charge in [-0.25, -0.2) is 18.4 Å². The topological polar surface area (TPSA) is 83.1 Å². The van der Waals surface area contributed by atoms with Gasteiger partial charge in [0.25, 0.3) is 0 Å². The van der Waals surface area contributed by atoms with E-state index in [4.69, 9.17) is 18.9 Å². The molecule has 2 atom stereocenters. The minimum Gasteiger partial charge on any atom is -0.493 e. The molecule has 0 radical (unpaired) electrons. The molecule has 1 unspecified atom stereocenters. The molecule has 0 fully saturated rings. The molecule has 1 amide bonds. The zero-order valence-corrected chi connectivity index (χ0v) is 20.4. The van der Waals surface area contributed by atoms with E-state index in [2.05, 4.69) is 5.32 Å². The maximum Gasteiger partial charge on any atom is 0.408 e. The third-order valence-electron chi connectivity index (χ3n) is 4.93. The Morgan fingerprint density at radius 1 is 0.882 bits per heavy atom. The highest BCUT2D eigenvalue weighted by atomic mass is 19.1. The van der Waals surface area contributed by atoms with Gasteiger partial charge < -0.3 is 24.3 Å². The molecule has 0 aliphatic heterocycles. The molecule has 0 heterocycles. The summed E-state index contributed by atoms with van der Waals surface area (Å²) in [6, 6.07) is 7.58. The van der Waals surface area contributed by atoms with Gasteiger partial charge in [0.15, 0.2) is 23.1 Å². The lowest BCUT2D eigenvalue weighted by Gasteiger charge is -2.29. The van der Waals surface area contributed by atoms with Crippen molar-refractivity contribution in [2.24, 2.45) is 0 Å². The number of carbonyl (C=O) groups is 2. The molecule has 7 nitrogen and oxygen atoms in total. The van der Waals surface area contributed by atoms with Crippen LogP contribution < -0.4 is 14.8 Å². The summed E-state index contributed by atoms with van der Waals surface area (Å²) in [6.45, 7) is 8.11. The largest absolute Gasteiger partial charge is 0.493 e. The highest BCUT2D eigenvalue weighted by molar-refractivity contribution is 5.81. The fraction of sp³-hybridized carbons (Fsp3) is 0.440. The Morgan fingerprint density at radius 3 is 1.76 bits per heavy atom. The Morgan fingerprint density at radius 2 is 1.35 bits per heavy atom. The molecule has 1 N–H and O–H groups in total. The van der Waals surface area contributed by atoms with E-state index < -0.39 is 47.4 Å². The van der Waals surface area contributed by atoms with Crippen LogP contribution >= 0.6 is 0 Å². The molecule has 0 bridgehead atoms. The summed E-state index contributed by atoms with van der Waals surface area (Å²) in [5.41, 5.74) is -0.0764. The van der Waals surface area contributed by atoms with E-state index in [1.165, 1.54) is 45.4 Å². The average Bonchev–Trinajstić information content (AvgIpc) is 2.72. The molecule has 0 aliphatic rings. The van der Waals surface area contributed by atoms with Gasteiger partial charge in [0, 0.05) is 11.1 Å². The van der Waals surface area contributed by atoms with Crippen molar-refractivity contribution in [2.75, 3.05) is 14.2 Å². The molecular formula is C25H31F2NO6. The third kappa shape index (κ3) is 6.59. The van der Waals surface area contributed by atoms with Gasteiger partial charge in [-0.2, -0.15) is 0 Å². The van der Waals surface area contributed by atoms with Crippen LogP contribution in [0.15, 0.2) is 36.4 Å². The van der Waals surface area contributed by atoms with Crippen molar-refractivity contribution in [1.82, 2.24) is 5.32 Å². The Kier molecular flexibility index (Phi) is 8.84. The van der Waals surface area contributed by atoms with Crippen LogP contribution in [0, 0.1) is 11.6 Å². The predicted molar refractivity (Wildman–Crippen MR) is 122 cm³/mol. The first-order chi connectivity index (χ1) is 15.9. The number of amides is 1. The predicted octanol–water partition coefficient (Wildman–Crippen LogP) is 4.96. The SMILES string of the molecule is COc1c(F)cccc1C(c1cccc(F)c1OC)C(C)OC(=O)[C@H](C)NC(=O)OC(C)(C)C. The summed E-state index contributed by atoms with van der Waals surface area (Å²) in [7, 11) is 2.62. The van der Waals surface area contributed by atoms with Crippen LogP contribution in [0.3, 0.4) is 0 Å². The molecule has 0 aliphatic carbocycles. The number of alkyl carbamates (subject to hydrolysis) is 1. The van der Waals surface area contributed by atoms with Gasteiger partial charge >= 0.3 is 12.1 Å². The number of hydrogen-bond donors (Lipinski definition) is 1. The van der Waals surface area contributed by atoms with E-state index in [1.807, 2.05) is 0 Å². The molecule has 0 saturated carbocycles. The minimum absolute atomic E-state index is 0.0679. The lowest BCUT2D eigenvalue weighted by Crippen LogP contribution is -2.43. The van der Waals surface area contributed by atoms with E-state index in [1.54, 1.807) is 39.8 Å². The first-order valence-electron chi connectivity index (χ1n) is 10.7. The number of benzene rings is 2. The van der Waals surface area contributed by atoms with Crippen molar-refractivity contribution >= 4 is 12.1 Å². The number of para-hydroxylation sites is 2. The fourth-order valence-corrected chi connectivity index (χ4v) is 3.54. The third-order valence-corrected chi connectivity index (χ3v) is 4.93. The van der Waals surface area contributed by atoms with Crippen LogP contribution in [0.25, 0.3) is 0 Å². The van der Waals surface area contributed by atoms with Crippen LogP contribution in [0.2, 0.25) is 0 Å². The van der Waals surface area contributed by atoms with Crippen LogP contribution in [0.4, 0.5) is 13.6 Å². The Hall–Kier alpha value is -3.36. The summed E-state index contributed by atoms with van der Waals surface area (Å²) in [5, 5.41) is 2.42. The molecule has 34 heavy (non-hydrogen) atoms. The van der Waals surface area contributed by atoms with Gasteiger partial charge in [-0.15, -0.1) is 0 Å². The molecule has 0 spiro atoms. The Balaban J connectivity index is 2.41. The van der Waals surface area contributed by atoms with Crippen LogP contribution in [0.1, 0.15) is 51.7 Å². The summed E-state index contributed by atoms with van der Waals surface area (Å²) < 4.78 is 50.4. The first kappa shape index (κ1) is 26.9. The van der Waals surface area contributed by atoms with Gasteiger partial charge in [-0.3, -0.25) is 0 Å².